The Morgan fingerprint density at radius 3 is 1.49 bits per heavy atom. The standard InChI is InChI=1S/C30H7Br5Cl2O2/c31-12-1-2-16(36)20-10-3-8-6-14(33)26-23-11(21-17(37)7-15(34)28(35)27(21)30(26)39)4-9-5-13(32)25(29(38)24(12)20)22(10)18(9)19(8)23/h1-7H. The minimum atomic E-state index is -0.125. The van der Waals surface area contributed by atoms with Crippen LogP contribution in [-0.4, -0.2) is 0 Å². The van der Waals surface area contributed by atoms with Crippen LogP contribution in [0, 0.1) is 0 Å². The molecule has 0 bridgehead atoms. The van der Waals surface area contributed by atoms with Crippen LogP contribution in [0.5, 0.6) is 0 Å². The molecule has 2 nitrogen and oxygen atoms in total. The zero-order chi connectivity index (χ0) is 27.2. The van der Waals surface area contributed by atoms with E-state index in [1.165, 1.54) is 0 Å². The zero-order valence-electron chi connectivity index (χ0n) is 19.0. The second-order valence-electron chi connectivity index (χ2n) is 9.60. The molecule has 0 unspecified atom stereocenters. The summed E-state index contributed by atoms with van der Waals surface area (Å²) in [6.45, 7) is 0. The van der Waals surface area contributed by atoms with Crippen molar-refractivity contribution in [3.05, 3.63) is 95.3 Å². The maximum Gasteiger partial charge on any atom is 0.196 e. The average Bonchev–Trinajstić information content (AvgIpc) is 2.88. The molecule has 0 spiro atoms. The smallest absolute Gasteiger partial charge is 0.196 e. The second kappa shape index (κ2) is 8.37. The molecule has 0 atom stereocenters. The van der Waals surface area contributed by atoms with Gasteiger partial charge in [0.2, 0.25) is 0 Å². The zero-order valence-corrected chi connectivity index (χ0v) is 28.4. The van der Waals surface area contributed by atoms with Crippen LogP contribution in [0.15, 0.2) is 74.4 Å². The highest BCUT2D eigenvalue weighted by Crippen LogP contribution is 2.50. The van der Waals surface area contributed by atoms with Gasteiger partial charge in [0.25, 0.3) is 0 Å². The topological polar surface area (TPSA) is 34.1 Å². The lowest BCUT2D eigenvalue weighted by Gasteiger charge is -2.21. The van der Waals surface area contributed by atoms with Gasteiger partial charge in [-0.05, 0) is 139 Å². The van der Waals surface area contributed by atoms with Gasteiger partial charge in [-0.15, -0.1) is 0 Å². The fourth-order valence-corrected chi connectivity index (χ4v) is 9.67. The molecule has 0 radical (unpaired) electrons. The lowest BCUT2D eigenvalue weighted by molar-refractivity contribution is 1.64. The monoisotopic (exact) mass is 864 g/mol. The highest BCUT2D eigenvalue weighted by Gasteiger charge is 2.26. The minimum Gasteiger partial charge on any atom is -0.288 e. The van der Waals surface area contributed by atoms with Crippen LogP contribution in [-0.2, 0) is 0 Å². The van der Waals surface area contributed by atoms with Crippen molar-refractivity contribution < 1.29 is 0 Å². The number of rotatable bonds is 0. The van der Waals surface area contributed by atoms with Gasteiger partial charge in [-0.2, -0.15) is 0 Å². The predicted octanol–water partition coefficient (Wildman–Crippen LogP) is 11.9. The molecule has 0 saturated heterocycles. The summed E-state index contributed by atoms with van der Waals surface area (Å²) in [6, 6.07) is 13.5. The molecule has 0 N–H and O–H groups in total. The maximum absolute atomic E-state index is 14.1. The molecular formula is C30H7Br5Cl2O2. The molecule has 188 valence electrons. The van der Waals surface area contributed by atoms with E-state index < -0.39 is 0 Å². The van der Waals surface area contributed by atoms with Crippen LogP contribution in [0.2, 0.25) is 10.0 Å². The summed E-state index contributed by atoms with van der Waals surface area (Å²) in [4.78, 5) is 28.1. The molecule has 39 heavy (non-hydrogen) atoms. The summed E-state index contributed by atoms with van der Waals surface area (Å²) >= 11 is 31.8. The number of hydrogen-bond donors (Lipinski definition) is 0. The van der Waals surface area contributed by atoms with E-state index in [0.29, 0.717) is 64.7 Å². The molecule has 9 heteroatoms. The molecule has 0 aromatic heterocycles. The first-order valence-electron chi connectivity index (χ1n) is 11.5. The molecule has 0 fully saturated rings. The maximum atomic E-state index is 14.1. The lowest BCUT2D eigenvalue weighted by Crippen LogP contribution is -2.08. The summed E-state index contributed by atoms with van der Waals surface area (Å²) in [7, 11) is 0. The Kier molecular flexibility index (Phi) is 5.45. The Hall–Kier alpha value is -1.32. The van der Waals surface area contributed by atoms with Crippen molar-refractivity contribution in [1.82, 2.24) is 0 Å². The number of halogens is 7. The number of hydrogen-bond acceptors (Lipinski definition) is 2. The first kappa shape index (κ1) is 25.4. The normalized spacial score (nSPS) is 12.7. The van der Waals surface area contributed by atoms with Crippen molar-refractivity contribution in [2.75, 3.05) is 0 Å². The van der Waals surface area contributed by atoms with E-state index in [1.807, 2.05) is 12.1 Å². The molecule has 8 rings (SSSR count). The third kappa shape index (κ3) is 3.08. The van der Waals surface area contributed by atoms with Crippen LogP contribution in [0.4, 0.5) is 0 Å². The van der Waals surface area contributed by atoms with Gasteiger partial charge in [-0.3, -0.25) is 9.59 Å². The third-order valence-electron chi connectivity index (χ3n) is 7.73. The van der Waals surface area contributed by atoms with Gasteiger partial charge in [-0.1, -0.05) is 39.1 Å². The fraction of sp³-hybridized carbons (Fsp3) is 0. The quantitative estimate of drug-likeness (QED) is 0.0864. The van der Waals surface area contributed by atoms with E-state index in [9.17, 15) is 9.59 Å². The molecule has 0 amide bonds. The average molecular weight is 870 g/mol. The predicted molar refractivity (Wildman–Crippen MR) is 184 cm³/mol. The molecule has 0 aliphatic rings. The van der Waals surface area contributed by atoms with Gasteiger partial charge < -0.3 is 0 Å². The summed E-state index contributed by atoms with van der Waals surface area (Å²) in [5, 5.41) is 11.7. The van der Waals surface area contributed by atoms with Gasteiger partial charge in [0, 0.05) is 70.5 Å². The van der Waals surface area contributed by atoms with Crippen molar-refractivity contribution in [2.45, 2.75) is 0 Å². The van der Waals surface area contributed by atoms with Gasteiger partial charge >= 0.3 is 0 Å². The van der Waals surface area contributed by atoms with Crippen molar-refractivity contribution in [2.24, 2.45) is 0 Å². The summed E-state index contributed by atoms with van der Waals surface area (Å²) in [5.41, 5.74) is -0.233. The summed E-state index contributed by atoms with van der Waals surface area (Å²) < 4.78 is 3.44. The molecule has 0 aliphatic carbocycles. The van der Waals surface area contributed by atoms with E-state index in [4.69, 9.17) is 23.2 Å². The lowest BCUT2D eigenvalue weighted by atomic mass is 9.84. The highest BCUT2D eigenvalue weighted by molar-refractivity contribution is 9.13. The Bertz CT molecular complexity index is 2560. The SMILES string of the molecule is O=c1c2c(Br)ccc(Cl)c2c2cc3cc(Br)c4c(=O)c5c(Br)c(Br)cc(Cl)c5c5cc6cc(Br)c1c2c6c3c45. The van der Waals surface area contributed by atoms with Crippen molar-refractivity contribution in [3.8, 4) is 0 Å². The van der Waals surface area contributed by atoms with E-state index in [-0.39, 0.29) is 10.9 Å². The van der Waals surface area contributed by atoms with Gasteiger partial charge in [-0.25, -0.2) is 0 Å². The van der Waals surface area contributed by atoms with E-state index in [2.05, 4.69) is 91.8 Å². The molecule has 8 aromatic rings. The summed E-state index contributed by atoms with van der Waals surface area (Å²) in [5.74, 6) is 0. The Morgan fingerprint density at radius 2 is 0.923 bits per heavy atom. The number of benzene rings is 8. The molecule has 0 aliphatic heterocycles. The largest absolute Gasteiger partial charge is 0.288 e. The van der Waals surface area contributed by atoms with Gasteiger partial charge in [0.1, 0.15) is 0 Å². The van der Waals surface area contributed by atoms with Gasteiger partial charge in [0.05, 0.1) is 5.02 Å². The first-order valence-corrected chi connectivity index (χ1v) is 16.2. The Balaban J connectivity index is 1.82. The Labute approximate surface area is 270 Å². The highest BCUT2D eigenvalue weighted by atomic mass is 79.9. The van der Waals surface area contributed by atoms with Crippen molar-refractivity contribution >= 4 is 178 Å². The minimum absolute atomic E-state index is 0.108. The number of fused-ring (bicyclic) bond motifs is 4. The van der Waals surface area contributed by atoms with Crippen LogP contribution >= 0.6 is 103 Å². The van der Waals surface area contributed by atoms with Crippen LogP contribution < -0.4 is 10.9 Å². The van der Waals surface area contributed by atoms with Crippen LogP contribution in [0.3, 0.4) is 0 Å². The first-order chi connectivity index (χ1) is 18.6. The van der Waals surface area contributed by atoms with Crippen molar-refractivity contribution in [3.63, 3.8) is 0 Å². The molecule has 0 heterocycles. The molecule has 0 saturated carbocycles. The van der Waals surface area contributed by atoms with Crippen LogP contribution in [0.25, 0.3) is 75.4 Å². The van der Waals surface area contributed by atoms with Gasteiger partial charge in [0.15, 0.2) is 10.9 Å². The Morgan fingerprint density at radius 1 is 0.436 bits per heavy atom. The molecule has 8 aromatic carbocycles. The van der Waals surface area contributed by atoms with Crippen LogP contribution in [0.1, 0.15) is 0 Å². The summed E-state index contributed by atoms with van der Waals surface area (Å²) in [6.07, 6.45) is 0. The molecular weight excluding hydrogens is 863 g/mol. The van der Waals surface area contributed by atoms with E-state index in [0.717, 1.165) is 43.1 Å². The third-order valence-corrected chi connectivity index (χ3v) is 12.2. The second-order valence-corrected chi connectivity index (χ2v) is 14.6. The van der Waals surface area contributed by atoms with E-state index in [1.54, 1.807) is 18.2 Å². The van der Waals surface area contributed by atoms with Crippen molar-refractivity contribution in [1.29, 1.82) is 0 Å². The van der Waals surface area contributed by atoms with E-state index >= 15 is 0 Å². The fourth-order valence-electron chi connectivity index (χ4n) is 6.30.